The zero-order valence-electron chi connectivity index (χ0n) is 16.1. The van der Waals surface area contributed by atoms with E-state index >= 15 is 0 Å². The van der Waals surface area contributed by atoms with Crippen LogP contribution in [-0.2, 0) is 6.18 Å². The quantitative estimate of drug-likeness (QED) is 0.592. The first-order chi connectivity index (χ1) is 13.1. The van der Waals surface area contributed by atoms with Gasteiger partial charge in [0, 0.05) is 23.5 Å². The minimum Gasteiger partial charge on any atom is -0.491 e. The van der Waals surface area contributed by atoms with Gasteiger partial charge in [0.15, 0.2) is 0 Å². The highest BCUT2D eigenvalue weighted by Gasteiger charge is 2.35. The molecular formula is C21H24F3N3O. The summed E-state index contributed by atoms with van der Waals surface area (Å²) in [7, 11) is 0. The number of aromatic nitrogens is 2. The van der Waals surface area contributed by atoms with Crippen LogP contribution in [0.5, 0.6) is 5.75 Å². The standard InChI is InChI=1S/C21H24F3N3O/c1-13(2)11-20(3,25)12-28-18-5-4-14(10-16(18)21(22,23)24)15-6-8-26-17-7-9-27-19(15)17/h4-10,13,27H,11-12,25H2,1-3H3. The summed E-state index contributed by atoms with van der Waals surface area (Å²) in [4.78, 5) is 7.24. The predicted octanol–water partition coefficient (Wildman–Crippen LogP) is 5.39. The van der Waals surface area contributed by atoms with Crippen molar-refractivity contribution < 1.29 is 17.9 Å². The molecule has 150 valence electrons. The van der Waals surface area contributed by atoms with Crippen LogP contribution in [0.2, 0.25) is 0 Å². The molecule has 3 aromatic rings. The second-order valence-corrected chi connectivity index (χ2v) is 7.85. The van der Waals surface area contributed by atoms with Crippen LogP contribution < -0.4 is 10.5 Å². The molecule has 28 heavy (non-hydrogen) atoms. The number of nitrogens with one attached hydrogen (secondary N) is 1. The number of nitrogens with two attached hydrogens (primary N) is 1. The van der Waals surface area contributed by atoms with Crippen LogP contribution in [0.3, 0.4) is 0 Å². The zero-order chi connectivity index (χ0) is 20.5. The van der Waals surface area contributed by atoms with Crippen molar-refractivity contribution in [2.75, 3.05) is 6.61 Å². The highest BCUT2D eigenvalue weighted by molar-refractivity contribution is 5.91. The lowest BCUT2D eigenvalue weighted by Crippen LogP contribution is -2.43. The molecule has 0 aliphatic heterocycles. The maximum absolute atomic E-state index is 13.7. The number of aromatic amines is 1. The maximum atomic E-state index is 13.7. The molecule has 4 nitrogen and oxygen atoms in total. The minimum absolute atomic E-state index is 0.00371. The van der Waals surface area contributed by atoms with E-state index in [-0.39, 0.29) is 12.4 Å². The molecule has 1 atom stereocenters. The molecule has 0 aliphatic rings. The Kier molecular flexibility index (Phi) is 5.39. The lowest BCUT2D eigenvalue weighted by molar-refractivity contribution is -0.139. The van der Waals surface area contributed by atoms with E-state index in [1.165, 1.54) is 6.07 Å². The first-order valence-electron chi connectivity index (χ1n) is 9.12. The molecule has 0 fully saturated rings. The number of rotatable bonds is 6. The summed E-state index contributed by atoms with van der Waals surface area (Å²) in [5.41, 5.74) is 7.12. The predicted molar refractivity (Wildman–Crippen MR) is 104 cm³/mol. The van der Waals surface area contributed by atoms with Crippen molar-refractivity contribution in [2.45, 2.75) is 38.9 Å². The summed E-state index contributed by atoms with van der Waals surface area (Å²) in [6.45, 7) is 5.81. The third kappa shape index (κ3) is 4.47. The van der Waals surface area contributed by atoms with Crippen molar-refractivity contribution in [1.29, 1.82) is 0 Å². The Bertz CT molecular complexity index is 961. The van der Waals surface area contributed by atoms with E-state index in [9.17, 15) is 13.2 Å². The molecule has 0 saturated heterocycles. The van der Waals surface area contributed by atoms with Crippen LogP contribution >= 0.6 is 0 Å². The molecule has 1 aromatic carbocycles. The number of H-pyrrole nitrogens is 1. The second-order valence-electron chi connectivity index (χ2n) is 7.85. The molecule has 0 radical (unpaired) electrons. The van der Waals surface area contributed by atoms with Crippen molar-refractivity contribution in [3.05, 3.63) is 48.3 Å². The van der Waals surface area contributed by atoms with Gasteiger partial charge in [-0.2, -0.15) is 13.2 Å². The topological polar surface area (TPSA) is 63.9 Å². The van der Waals surface area contributed by atoms with Crippen LogP contribution in [0.4, 0.5) is 13.2 Å². The Labute approximate surface area is 161 Å². The summed E-state index contributed by atoms with van der Waals surface area (Å²) >= 11 is 0. The van der Waals surface area contributed by atoms with E-state index < -0.39 is 17.3 Å². The van der Waals surface area contributed by atoms with Crippen LogP contribution in [0.25, 0.3) is 22.2 Å². The molecule has 0 amide bonds. The molecule has 3 N–H and O–H groups in total. The first kappa shape index (κ1) is 20.2. The third-order valence-electron chi connectivity index (χ3n) is 4.48. The molecule has 1 unspecified atom stereocenters. The number of hydrogen-bond donors (Lipinski definition) is 2. The number of alkyl halides is 3. The average molecular weight is 391 g/mol. The van der Waals surface area contributed by atoms with E-state index in [0.717, 1.165) is 6.07 Å². The van der Waals surface area contributed by atoms with Crippen LogP contribution in [0.1, 0.15) is 32.8 Å². The normalized spacial score (nSPS) is 14.4. The Morgan fingerprint density at radius 3 is 2.61 bits per heavy atom. The highest BCUT2D eigenvalue weighted by atomic mass is 19.4. The number of fused-ring (bicyclic) bond motifs is 1. The van der Waals surface area contributed by atoms with Gasteiger partial charge in [0.2, 0.25) is 0 Å². The fourth-order valence-corrected chi connectivity index (χ4v) is 3.48. The highest BCUT2D eigenvalue weighted by Crippen LogP contribution is 2.40. The second kappa shape index (κ2) is 7.47. The van der Waals surface area contributed by atoms with Gasteiger partial charge in [0.25, 0.3) is 0 Å². The van der Waals surface area contributed by atoms with Crippen LogP contribution in [-0.4, -0.2) is 22.1 Å². The van der Waals surface area contributed by atoms with E-state index in [1.54, 1.807) is 37.5 Å². The lowest BCUT2D eigenvalue weighted by Gasteiger charge is -2.27. The molecule has 2 aromatic heterocycles. The van der Waals surface area contributed by atoms with Crippen molar-refractivity contribution in [3.63, 3.8) is 0 Å². The van der Waals surface area contributed by atoms with Crippen LogP contribution in [0.15, 0.2) is 42.7 Å². The van der Waals surface area contributed by atoms with Crippen molar-refractivity contribution in [2.24, 2.45) is 11.7 Å². The van der Waals surface area contributed by atoms with E-state index in [1.807, 2.05) is 13.8 Å². The molecule has 3 rings (SSSR count). The van der Waals surface area contributed by atoms with E-state index in [0.29, 0.717) is 34.5 Å². The van der Waals surface area contributed by atoms with Crippen molar-refractivity contribution in [1.82, 2.24) is 9.97 Å². The van der Waals surface area contributed by atoms with Gasteiger partial charge in [-0.25, -0.2) is 0 Å². The number of benzene rings is 1. The summed E-state index contributed by atoms with van der Waals surface area (Å²) in [5, 5.41) is 0. The van der Waals surface area contributed by atoms with Gasteiger partial charge in [-0.3, -0.25) is 4.98 Å². The summed E-state index contributed by atoms with van der Waals surface area (Å²) in [5.74, 6) is 0.103. The van der Waals surface area contributed by atoms with Crippen molar-refractivity contribution >= 4 is 11.0 Å². The monoisotopic (exact) mass is 391 g/mol. The summed E-state index contributed by atoms with van der Waals surface area (Å²) in [6.07, 6.45) is -0.612. The smallest absolute Gasteiger partial charge is 0.419 e. The minimum atomic E-state index is -4.55. The van der Waals surface area contributed by atoms with Gasteiger partial charge >= 0.3 is 6.18 Å². The molecule has 0 saturated carbocycles. The van der Waals surface area contributed by atoms with Gasteiger partial charge in [-0.15, -0.1) is 0 Å². The van der Waals surface area contributed by atoms with Gasteiger partial charge in [-0.05, 0) is 49.1 Å². The Morgan fingerprint density at radius 2 is 1.93 bits per heavy atom. The SMILES string of the molecule is CC(C)CC(C)(N)COc1ccc(-c2ccnc3cc[nH]c23)cc1C(F)(F)F. The number of hydrogen-bond acceptors (Lipinski definition) is 3. The molecule has 0 bridgehead atoms. The number of nitrogens with zero attached hydrogens (tertiary/aromatic N) is 1. The number of pyridine rings is 1. The largest absolute Gasteiger partial charge is 0.491 e. The fourth-order valence-electron chi connectivity index (χ4n) is 3.48. The maximum Gasteiger partial charge on any atom is 0.419 e. The third-order valence-corrected chi connectivity index (χ3v) is 4.48. The first-order valence-corrected chi connectivity index (χ1v) is 9.12. The van der Waals surface area contributed by atoms with Gasteiger partial charge < -0.3 is 15.5 Å². The molecule has 0 aliphatic carbocycles. The van der Waals surface area contributed by atoms with Gasteiger partial charge in [0.05, 0.1) is 16.6 Å². The molecular weight excluding hydrogens is 367 g/mol. The summed E-state index contributed by atoms with van der Waals surface area (Å²) < 4.78 is 46.6. The molecule has 0 spiro atoms. The Balaban J connectivity index is 1.96. The van der Waals surface area contributed by atoms with Gasteiger partial charge in [0.1, 0.15) is 12.4 Å². The number of ether oxygens (including phenoxy) is 1. The Hall–Kier alpha value is -2.54. The lowest BCUT2D eigenvalue weighted by atomic mass is 9.93. The number of halogens is 3. The fraction of sp³-hybridized carbons (Fsp3) is 0.381. The summed E-state index contributed by atoms with van der Waals surface area (Å²) in [6, 6.07) is 7.56. The van der Waals surface area contributed by atoms with Gasteiger partial charge in [-0.1, -0.05) is 19.9 Å². The Morgan fingerprint density at radius 1 is 1.18 bits per heavy atom. The van der Waals surface area contributed by atoms with Crippen LogP contribution in [0, 0.1) is 5.92 Å². The molecule has 7 heteroatoms. The molecule has 2 heterocycles. The zero-order valence-corrected chi connectivity index (χ0v) is 16.1. The van der Waals surface area contributed by atoms with E-state index in [2.05, 4.69) is 9.97 Å². The average Bonchev–Trinajstić information content (AvgIpc) is 3.06. The van der Waals surface area contributed by atoms with Crippen molar-refractivity contribution in [3.8, 4) is 16.9 Å². The van der Waals surface area contributed by atoms with E-state index in [4.69, 9.17) is 10.5 Å².